The monoisotopic (exact) mass is 361 g/mol. The highest BCUT2D eigenvalue weighted by Gasteiger charge is 2.15. The number of nitrogens with one attached hydrogen (secondary N) is 1. The van der Waals surface area contributed by atoms with Crippen LogP contribution in [-0.2, 0) is 24.3 Å². The number of aromatic nitrogens is 4. The molecular formula is C16H19N5OS2. The summed E-state index contributed by atoms with van der Waals surface area (Å²) in [5.74, 6) is 0.813. The molecule has 0 unspecified atom stereocenters. The fraction of sp³-hybridized carbons (Fsp3) is 0.375. The summed E-state index contributed by atoms with van der Waals surface area (Å²) in [6.07, 6.45) is 1.75. The Kier molecular flexibility index (Phi) is 5.06. The molecule has 0 saturated carbocycles. The molecule has 2 aromatic heterocycles. The Balaban J connectivity index is 1.71. The number of benzene rings is 1. The normalized spacial score (nSPS) is 11.1. The number of nitrogens with zero attached hydrogens (tertiary/aromatic N) is 4. The Labute approximate surface area is 149 Å². The van der Waals surface area contributed by atoms with E-state index in [0.29, 0.717) is 11.3 Å². The molecule has 1 amide bonds. The number of para-hydroxylation sites is 1. The van der Waals surface area contributed by atoms with E-state index in [0.717, 1.165) is 33.9 Å². The van der Waals surface area contributed by atoms with Gasteiger partial charge in [-0.05, 0) is 30.8 Å². The van der Waals surface area contributed by atoms with Gasteiger partial charge in [-0.3, -0.25) is 14.5 Å². The molecule has 0 atom stereocenters. The van der Waals surface area contributed by atoms with Crippen LogP contribution in [0, 0.1) is 4.77 Å². The molecule has 3 rings (SSSR count). The molecule has 0 aliphatic rings. The first-order chi connectivity index (χ1) is 11.6. The topological polar surface area (TPSA) is 66.8 Å². The molecule has 1 aromatic carbocycles. The lowest BCUT2D eigenvalue weighted by atomic mass is 10.3. The van der Waals surface area contributed by atoms with Crippen LogP contribution in [-0.4, -0.2) is 37.6 Å². The number of carbonyl (C=O) groups is 1. The second-order valence-corrected chi connectivity index (χ2v) is 7.11. The summed E-state index contributed by atoms with van der Waals surface area (Å²) in [6.45, 7) is 2.77. The van der Waals surface area contributed by atoms with Gasteiger partial charge in [-0.15, -0.1) is 11.3 Å². The zero-order chi connectivity index (χ0) is 17.1. The molecule has 0 bridgehead atoms. The maximum atomic E-state index is 12.5. The zero-order valence-corrected chi connectivity index (χ0v) is 15.3. The molecule has 24 heavy (non-hydrogen) atoms. The lowest BCUT2D eigenvalue weighted by Crippen LogP contribution is -2.30. The largest absolute Gasteiger partial charge is 0.337 e. The molecule has 3 aromatic rings. The van der Waals surface area contributed by atoms with Crippen molar-refractivity contribution in [2.75, 3.05) is 7.05 Å². The van der Waals surface area contributed by atoms with Crippen molar-refractivity contribution in [1.29, 1.82) is 0 Å². The molecule has 0 saturated heterocycles. The Morgan fingerprint density at radius 1 is 1.42 bits per heavy atom. The van der Waals surface area contributed by atoms with Crippen LogP contribution in [0.3, 0.4) is 0 Å². The molecule has 0 fully saturated rings. The highest BCUT2D eigenvalue weighted by atomic mass is 32.1. The van der Waals surface area contributed by atoms with Crippen LogP contribution < -0.4 is 0 Å². The first-order valence-electron chi connectivity index (χ1n) is 7.81. The predicted octanol–water partition coefficient (Wildman–Crippen LogP) is 3.16. The average molecular weight is 361 g/mol. The van der Waals surface area contributed by atoms with Crippen LogP contribution in [0.1, 0.15) is 24.2 Å². The molecule has 0 aliphatic heterocycles. The van der Waals surface area contributed by atoms with E-state index in [9.17, 15) is 4.79 Å². The third-order valence-electron chi connectivity index (χ3n) is 3.74. The second kappa shape index (κ2) is 7.23. The number of hydrogen-bond donors (Lipinski definition) is 1. The van der Waals surface area contributed by atoms with Gasteiger partial charge in [0.25, 0.3) is 0 Å². The van der Waals surface area contributed by atoms with E-state index in [1.54, 1.807) is 27.9 Å². The second-order valence-electron chi connectivity index (χ2n) is 5.61. The number of carbonyl (C=O) groups excluding carboxylic acids is 1. The van der Waals surface area contributed by atoms with Gasteiger partial charge in [-0.25, -0.2) is 4.98 Å². The number of likely N-dealkylation sites (N-methyl/N-ethyl adjacent to an activating group) is 1. The standard InChI is InChI=1S/C16H19N5OS2/c1-3-6-13-18-19-16(23)21(13)10-15(22)20(2)9-14-17-11-7-4-5-8-12(11)24-14/h4-5,7-8H,3,6,9-10H2,1-2H3,(H,19,23). The number of hydrogen-bond acceptors (Lipinski definition) is 5. The molecule has 0 aliphatic carbocycles. The number of amides is 1. The minimum absolute atomic E-state index is 0.0101. The summed E-state index contributed by atoms with van der Waals surface area (Å²) in [4.78, 5) is 18.8. The number of aryl methyl sites for hydroxylation is 1. The van der Waals surface area contributed by atoms with Gasteiger partial charge in [-0.2, -0.15) is 5.10 Å². The Hall–Kier alpha value is -2.06. The fourth-order valence-electron chi connectivity index (χ4n) is 2.46. The third kappa shape index (κ3) is 3.54. The number of rotatable bonds is 6. The van der Waals surface area contributed by atoms with Crippen molar-refractivity contribution >= 4 is 39.7 Å². The van der Waals surface area contributed by atoms with Gasteiger partial charge in [0, 0.05) is 13.5 Å². The maximum Gasteiger partial charge on any atom is 0.242 e. The van der Waals surface area contributed by atoms with Gasteiger partial charge < -0.3 is 4.90 Å². The number of thiazole rings is 1. The molecule has 2 heterocycles. The Bertz CT molecular complexity index is 877. The van der Waals surface area contributed by atoms with Crippen LogP contribution >= 0.6 is 23.6 Å². The van der Waals surface area contributed by atoms with Gasteiger partial charge in [0.1, 0.15) is 17.4 Å². The highest BCUT2D eigenvalue weighted by molar-refractivity contribution is 7.71. The van der Waals surface area contributed by atoms with E-state index in [4.69, 9.17) is 12.2 Å². The van der Waals surface area contributed by atoms with Crippen LogP contribution in [0.2, 0.25) is 0 Å². The van der Waals surface area contributed by atoms with Crippen LogP contribution in [0.5, 0.6) is 0 Å². The molecule has 1 N–H and O–H groups in total. The van der Waals surface area contributed by atoms with Crippen LogP contribution in [0.15, 0.2) is 24.3 Å². The summed E-state index contributed by atoms with van der Waals surface area (Å²) in [7, 11) is 1.79. The number of fused-ring (bicyclic) bond motifs is 1. The quantitative estimate of drug-likeness (QED) is 0.685. The molecule has 126 valence electrons. The molecule has 6 nitrogen and oxygen atoms in total. The summed E-state index contributed by atoms with van der Waals surface area (Å²) in [6, 6.07) is 7.99. The maximum absolute atomic E-state index is 12.5. The highest BCUT2D eigenvalue weighted by Crippen LogP contribution is 2.22. The lowest BCUT2D eigenvalue weighted by molar-refractivity contribution is -0.131. The van der Waals surface area contributed by atoms with E-state index < -0.39 is 0 Å². The molecular weight excluding hydrogens is 342 g/mol. The fourth-order valence-corrected chi connectivity index (χ4v) is 3.70. The third-order valence-corrected chi connectivity index (χ3v) is 5.07. The van der Waals surface area contributed by atoms with Crippen LogP contribution in [0.4, 0.5) is 0 Å². The Morgan fingerprint density at radius 2 is 2.21 bits per heavy atom. The van der Waals surface area contributed by atoms with E-state index in [2.05, 4.69) is 22.1 Å². The summed E-state index contributed by atoms with van der Waals surface area (Å²) >= 11 is 6.84. The summed E-state index contributed by atoms with van der Waals surface area (Å²) in [5.41, 5.74) is 0.973. The van der Waals surface area contributed by atoms with Crippen molar-refractivity contribution in [2.24, 2.45) is 0 Å². The first kappa shape index (κ1) is 16.8. The van der Waals surface area contributed by atoms with Gasteiger partial charge in [0.2, 0.25) is 5.91 Å². The van der Waals surface area contributed by atoms with Crippen molar-refractivity contribution in [3.63, 3.8) is 0 Å². The number of aromatic amines is 1. The van der Waals surface area contributed by atoms with E-state index in [1.807, 2.05) is 24.3 Å². The van der Waals surface area contributed by atoms with Gasteiger partial charge in [0.15, 0.2) is 4.77 Å². The molecule has 0 radical (unpaired) electrons. The van der Waals surface area contributed by atoms with Crippen molar-refractivity contribution < 1.29 is 4.79 Å². The molecule has 8 heteroatoms. The van der Waals surface area contributed by atoms with E-state index >= 15 is 0 Å². The van der Waals surface area contributed by atoms with Crippen molar-refractivity contribution in [3.8, 4) is 0 Å². The average Bonchev–Trinajstić information content (AvgIpc) is 3.12. The molecule has 0 spiro atoms. The van der Waals surface area contributed by atoms with Crippen LogP contribution in [0.25, 0.3) is 10.2 Å². The Morgan fingerprint density at radius 3 is 2.96 bits per heavy atom. The SMILES string of the molecule is CCCc1n[nH]c(=S)n1CC(=O)N(C)Cc1nc2ccccc2s1. The first-order valence-corrected chi connectivity index (χ1v) is 9.03. The number of H-pyrrole nitrogens is 1. The van der Waals surface area contributed by atoms with Gasteiger partial charge in [0.05, 0.1) is 16.8 Å². The zero-order valence-electron chi connectivity index (χ0n) is 13.7. The van der Waals surface area contributed by atoms with Crippen molar-refractivity contribution in [2.45, 2.75) is 32.9 Å². The minimum Gasteiger partial charge on any atom is -0.337 e. The van der Waals surface area contributed by atoms with Crippen molar-refractivity contribution in [1.82, 2.24) is 24.6 Å². The van der Waals surface area contributed by atoms with Crippen molar-refractivity contribution in [3.05, 3.63) is 39.9 Å². The van der Waals surface area contributed by atoms with Gasteiger partial charge >= 0.3 is 0 Å². The predicted molar refractivity (Wildman–Crippen MR) is 97.5 cm³/mol. The van der Waals surface area contributed by atoms with E-state index in [-0.39, 0.29) is 12.5 Å². The summed E-state index contributed by atoms with van der Waals surface area (Å²) in [5, 5.41) is 7.89. The van der Waals surface area contributed by atoms with E-state index in [1.165, 1.54) is 0 Å². The lowest BCUT2D eigenvalue weighted by Gasteiger charge is -2.16. The van der Waals surface area contributed by atoms with Gasteiger partial charge in [-0.1, -0.05) is 19.1 Å². The smallest absolute Gasteiger partial charge is 0.242 e. The minimum atomic E-state index is -0.0101. The summed E-state index contributed by atoms with van der Waals surface area (Å²) < 4.78 is 3.39.